The van der Waals surface area contributed by atoms with Gasteiger partial charge in [0.2, 0.25) is 0 Å². The van der Waals surface area contributed by atoms with Crippen molar-refractivity contribution < 1.29 is 28.6 Å². The Balaban J connectivity index is 4.43. The first-order valence-corrected chi connectivity index (χ1v) is 30.9. The van der Waals surface area contributed by atoms with Crippen LogP contribution in [0.2, 0.25) is 0 Å². The van der Waals surface area contributed by atoms with Crippen molar-refractivity contribution in [3.05, 3.63) is 72.9 Å². The van der Waals surface area contributed by atoms with E-state index in [1.807, 2.05) is 0 Å². The van der Waals surface area contributed by atoms with Gasteiger partial charge in [0, 0.05) is 19.3 Å². The molecule has 0 saturated carbocycles. The van der Waals surface area contributed by atoms with Gasteiger partial charge in [0.25, 0.3) is 0 Å². The second-order valence-corrected chi connectivity index (χ2v) is 20.6. The van der Waals surface area contributed by atoms with Crippen molar-refractivity contribution in [2.75, 3.05) is 13.2 Å². The normalized spacial score (nSPS) is 12.5. The zero-order valence-corrected chi connectivity index (χ0v) is 47.7. The van der Waals surface area contributed by atoms with Crippen molar-refractivity contribution in [1.29, 1.82) is 0 Å². The molecule has 0 aliphatic heterocycles. The van der Waals surface area contributed by atoms with E-state index in [0.717, 1.165) is 96.3 Å². The van der Waals surface area contributed by atoms with Crippen LogP contribution in [-0.2, 0) is 28.6 Å². The number of hydrogen-bond donors (Lipinski definition) is 0. The molecular formula is C66H116O6. The van der Waals surface area contributed by atoms with Gasteiger partial charge in [-0.1, -0.05) is 267 Å². The van der Waals surface area contributed by atoms with Gasteiger partial charge in [-0.3, -0.25) is 14.4 Å². The maximum Gasteiger partial charge on any atom is 0.306 e. The molecular weight excluding hydrogens is 889 g/mol. The number of unbranched alkanes of at least 4 members (excludes halogenated alkanes) is 33. The van der Waals surface area contributed by atoms with Crippen LogP contribution in [-0.4, -0.2) is 37.2 Å². The molecule has 0 bridgehead atoms. The van der Waals surface area contributed by atoms with Gasteiger partial charge in [-0.25, -0.2) is 0 Å². The Morgan fingerprint density at radius 3 is 0.819 bits per heavy atom. The summed E-state index contributed by atoms with van der Waals surface area (Å²) >= 11 is 0. The van der Waals surface area contributed by atoms with Gasteiger partial charge in [-0.2, -0.15) is 0 Å². The summed E-state index contributed by atoms with van der Waals surface area (Å²) in [5.41, 5.74) is 0. The fourth-order valence-electron chi connectivity index (χ4n) is 8.75. The smallest absolute Gasteiger partial charge is 0.306 e. The molecule has 0 aliphatic rings. The second kappa shape index (κ2) is 60.4. The summed E-state index contributed by atoms with van der Waals surface area (Å²) in [6.45, 7) is 6.59. The molecule has 0 radical (unpaired) electrons. The minimum atomic E-state index is -0.791. The summed E-state index contributed by atoms with van der Waals surface area (Å²) in [7, 11) is 0. The van der Waals surface area contributed by atoms with Crippen molar-refractivity contribution >= 4 is 17.9 Å². The molecule has 0 heterocycles. The minimum absolute atomic E-state index is 0.0876. The van der Waals surface area contributed by atoms with E-state index in [-0.39, 0.29) is 31.1 Å². The molecule has 0 fully saturated rings. The van der Waals surface area contributed by atoms with Crippen LogP contribution in [0.3, 0.4) is 0 Å². The van der Waals surface area contributed by atoms with E-state index in [0.29, 0.717) is 19.3 Å². The zero-order valence-electron chi connectivity index (χ0n) is 47.7. The molecule has 0 spiro atoms. The first-order chi connectivity index (χ1) is 35.5. The molecule has 0 aromatic heterocycles. The van der Waals surface area contributed by atoms with Crippen LogP contribution in [0.4, 0.5) is 0 Å². The van der Waals surface area contributed by atoms with E-state index in [9.17, 15) is 14.4 Å². The molecule has 0 amide bonds. The van der Waals surface area contributed by atoms with Gasteiger partial charge in [0.1, 0.15) is 13.2 Å². The van der Waals surface area contributed by atoms with E-state index >= 15 is 0 Å². The Hall–Kier alpha value is -3.15. The number of esters is 3. The maximum atomic E-state index is 12.9. The lowest BCUT2D eigenvalue weighted by molar-refractivity contribution is -0.167. The average molecular weight is 1010 g/mol. The summed E-state index contributed by atoms with van der Waals surface area (Å²) in [5.74, 6) is -0.912. The maximum absolute atomic E-state index is 12.9. The standard InChI is InChI=1S/C66H116O6/c1-4-7-10-13-16-19-22-25-28-31-33-36-38-41-44-47-50-53-56-59-65(68)71-62-63(61-70-64(67)58-55-52-49-46-43-40-37-34-30-27-24-21-18-15-12-9-6-3)72-66(69)60-57-54-51-48-45-42-39-35-32-29-26-23-20-17-14-11-8-5-2/h16,18-19,21,25,27-28,30,33,36,41,44,63H,4-15,17,20,22-24,26,29,31-32,34-35,37-40,42-43,45-62H2,1-3H3/b19-16-,21-18-,28-25-,30-27-,36-33-,44-41-/t63-/m1/s1. The summed E-state index contributed by atoms with van der Waals surface area (Å²) in [6, 6.07) is 0. The lowest BCUT2D eigenvalue weighted by Crippen LogP contribution is -2.30. The van der Waals surface area contributed by atoms with Gasteiger partial charge >= 0.3 is 17.9 Å². The van der Waals surface area contributed by atoms with Gasteiger partial charge in [-0.15, -0.1) is 0 Å². The van der Waals surface area contributed by atoms with E-state index in [4.69, 9.17) is 14.2 Å². The summed E-state index contributed by atoms with van der Waals surface area (Å²) in [6.07, 6.45) is 77.5. The first kappa shape index (κ1) is 68.8. The van der Waals surface area contributed by atoms with Gasteiger partial charge in [-0.05, 0) is 96.3 Å². The molecule has 72 heavy (non-hydrogen) atoms. The zero-order chi connectivity index (χ0) is 52.2. The Kier molecular flexibility index (Phi) is 57.8. The third-order valence-corrected chi connectivity index (χ3v) is 13.4. The molecule has 0 rings (SSSR count). The molecule has 416 valence electrons. The highest BCUT2D eigenvalue weighted by atomic mass is 16.6. The first-order valence-electron chi connectivity index (χ1n) is 30.9. The number of allylic oxidation sites excluding steroid dienone is 12. The highest BCUT2D eigenvalue weighted by molar-refractivity contribution is 5.71. The lowest BCUT2D eigenvalue weighted by atomic mass is 10.0. The van der Waals surface area contributed by atoms with E-state index in [1.54, 1.807) is 0 Å². The fraction of sp³-hybridized carbons (Fsp3) is 0.773. The van der Waals surface area contributed by atoms with Crippen molar-refractivity contribution in [2.24, 2.45) is 0 Å². The van der Waals surface area contributed by atoms with Gasteiger partial charge in [0.05, 0.1) is 0 Å². The highest BCUT2D eigenvalue weighted by Crippen LogP contribution is 2.16. The number of ether oxygens (including phenoxy) is 3. The van der Waals surface area contributed by atoms with Crippen molar-refractivity contribution in [2.45, 2.75) is 316 Å². The predicted molar refractivity (Wildman–Crippen MR) is 311 cm³/mol. The molecule has 0 aliphatic carbocycles. The van der Waals surface area contributed by atoms with Crippen LogP contribution in [0.1, 0.15) is 310 Å². The molecule has 0 saturated heterocycles. The van der Waals surface area contributed by atoms with Crippen LogP contribution in [0.5, 0.6) is 0 Å². The SMILES string of the molecule is CCCCC/C=C\C/C=C\C/C=C\C/C=C\CCCCCC(=O)OC[C@@H](COC(=O)CCCCCCCCC/C=C\C/C=C\CCCCC)OC(=O)CCCCCCCCCCCCCCCCCCCC. The van der Waals surface area contributed by atoms with Crippen molar-refractivity contribution in [3.63, 3.8) is 0 Å². The van der Waals surface area contributed by atoms with E-state index < -0.39 is 6.10 Å². The highest BCUT2D eigenvalue weighted by Gasteiger charge is 2.19. The summed E-state index contributed by atoms with van der Waals surface area (Å²) < 4.78 is 16.9. The number of carbonyl (C=O) groups is 3. The molecule has 0 aromatic rings. The molecule has 6 nitrogen and oxygen atoms in total. The molecule has 0 N–H and O–H groups in total. The Morgan fingerprint density at radius 1 is 0.278 bits per heavy atom. The van der Waals surface area contributed by atoms with E-state index in [2.05, 4.69) is 93.7 Å². The second-order valence-electron chi connectivity index (χ2n) is 20.6. The van der Waals surface area contributed by atoms with Crippen molar-refractivity contribution in [1.82, 2.24) is 0 Å². The monoisotopic (exact) mass is 1000 g/mol. The van der Waals surface area contributed by atoms with Crippen LogP contribution >= 0.6 is 0 Å². The van der Waals surface area contributed by atoms with Crippen molar-refractivity contribution in [3.8, 4) is 0 Å². The van der Waals surface area contributed by atoms with Crippen LogP contribution < -0.4 is 0 Å². The third kappa shape index (κ3) is 57.7. The number of rotatable bonds is 56. The molecule has 0 unspecified atom stereocenters. The summed E-state index contributed by atoms with van der Waals surface area (Å²) in [5, 5.41) is 0. The predicted octanol–water partition coefficient (Wildman–Crippen LogP) is 20.9. The Morgan fingerprint density at radius 2 is 0.500 bits per heavy atom. The van der Waals surface area contributed by atoms with Crippen LogP contribution in [0, 0.1) is 0 Å². The number of carbonyl (C=O) groups excluding carboxylic acids is 3. The number of hydrogen-bond acceptors (Lipinski definition) is 6. The topological polar surface area (TPSA) is 78.9 Å². The van der Waals surface area contributed by atoms with Crippen LogP contribution in [0.15, 0.2) is 72.9 Å². The van der Waals surface area contributed by atoms with Crippen LogP contribution in [0.25, 0.3) is 0 Å². The molecule has 1 atom stereocenters. The Bertz CT molecular complexity index is 1340. The van der Waals surface area contributed by atoms with Gasteiger partial charge in [0.15, 0.2) is 6.10 Å². The third-order valence-electron chi connectivity index (χ3n) is 13.4. The molecule has 0 aromatic carbocycles. The minimum Gasteiger partial charge on any atom is -0.462 e. The quantitative estimate of drug-likeness (QED) is 0.0261. The lowest BCUT2D eigenvalue weighted by Gasteiger charge is -2.18. The summed E-state index contributed by atoms with van der Waals surface area (Å²) in [4.78, 5) is 38.3. The van der Waals surface area contributed by atoms with E-state index in [1.165, 1.54) is 173 Å². The molecule has 6 heteroatoms. The van der Waals surface area contributed by atoms with Gasteiger partial charge < -0.3 is 14.2 Å². The average Bonchev–Trinajstić information content (AvgIpc) is 3.38. The Labute approximate surface area is 446 Å². The largest absolute Gasteiger partial charge is 0.462 e. The fourth-order valence-corrected chi connectivity index (χ4v) is 8.75.